The van der Waals surface area contributed by atoms with Gasteiger partial charge in [0.25, 0.3) is 0 Å². The fourth-order valence-corrected chi connectivity index (χ4v) is 1.76. The van der Waals surface area contributed by atoms with E-state index in [1.54, 1.807) is 0 Å². The van der Waals surface area contributed by atoms with Crippen LogP contribution >= 0.6 is 15.9 Å². The number of ether oxygens (including phenoxy) is 2. The van der Waals surface area contributed by atoms with Gasteiger partial charge < -0.3 is 15.2 Å². The zero-order chi connectivity index (χ0) is 13.7. The molecule has 0 fully saturated rings. The van der Waals surface area contributed by atoms with E-state index in [2.05, 4.69) is 15.9 Å². The van der Waals surface area contributed by atoms with Crippen molar-refractivity contribution in [3.05, 3.63) is 52.8 Å². The maximum atomic E-state index is 12.8. The molecule has 0 aliphatic rings. The normalized spacial score (nSPS) is 10.2. The van der Waals surface area contributed by atoms with Crippen LogP contribution in [0.4, 0.5) is 10.1 Å². The first-order chi connectivity index (χ1) is 9.15. The summed E-state index contributed by atoms with van der Waals surface area (Å²) in [5.74, 6) is 0.843. The van der Waals surface area contributed by atoms with Crippen molar-refractivity contribution < 1.29 is 13.9 Å². The largest absolute Gasteiger partial charge is 0.490 e. The number of halogens is 2. The van der Waals surface area contributed by atoms with Crippen molar-refractivity contribution in [3.63, 3.8) is 0 Å². The van der Waals surface area contributed by atoms with Gasteiger partial charge in [0, 0.05) is 10.5 Å². The summed E-state index contributed by atoms with van der Waals surface area (Å²) in [4.78, 5) is 0. The third kappa shape index (κ3) is 4.13. The van der Waals surface area contributed by atoms with Crippen LogP contribution in [0.3, 0.4) is 0 Å². The molecule has 0 saturated carbocycles. The minimum atomic E-state index is -0.379. The molecular weight excluding hydrogens is 313 g/mol. The van der Waals surface area contributed by atoms with Gasteiger partial charge >= 0.3 is 0 Å². The van der Waals surface area contributed by atoms with Crippen LogP contribution in [0.5, 0.6) is 11.5 Å². The van der Waals surface area contributed by atoms with Gasteiger partial charge in [-0.25, -0.2) is 4.39 Å². The summed E-state index contributed by atoms with van der Waals surface area (Å²) in [6.07, 6.45) is 0. The summed E-state index contributed by atoms with van der Waals surface area (Å²) in [6, 6.07) is 11.5. The van der Waals surface area contributed by atoms with Gasteiger partial charge in [-0.1, -0.05) is 15.9 Å². The summed E-state index contributed by atoms with van der Waals surface area (Å²) in [5.41, 5.74) is 5.90. The first-order valence-electron chi connectivity index (χ1n) is 5.71. The van der Waals surface area contributed by atoms with E-state index < -0.39 is 0 Å². The van der Waals surface area contributed by atoms with Crippen molar-refractivity contribution in [2.24, 2.45) is 0 Å². The minimum absolute atomic E-state index is 0.281. The third-order valence-corrected chi connectivity index (χ3v) is 2.92. The molecule has 2 aromatic rings. The van der Waals surface area contributed by atoms with E-state index in [0.717, 1.165) is 10.2 Å². The Bertz CT molecular complexity index is 546. The molecule has 2 N–H and O–H groups in total. The lowest BCUT2D eigenvalue weighted by atomic mass is 10.3. The minimum Gasteiger partial charge on any atom is -0.490 e. The Balaban J connectivity index is 1.79. The lowest BCUT2D eigenvalue weighted by Gasteiger charge is -2.10. The van der Waals surface area contributed by atoms with Crippen molar-refractivity contribution in [1.29, 1.82) is 0 Å². The maximum Gasteiger partial charge on any atom is 0.142 e. The van der Waals surface area contributed by atoms with Crippen LogP contribution in [0.1, 0.15) is 0 Å². The van der Waals surface area contributed by atoms with Gasteiger partial charge in [-0.15, -0.1) is 0 Å². The summed E-state index contributed by atoms with van der Waals surface area (Å²) < 4.78 is 24.7. The topological polar surface area (TPSA) is 44.5 Å². The Morgan fingerprint density at radius 2 is 1.68 bits per heavy atom. The van der Waals surface area contributed by atoms with E-state index in [0.29, 0.717) is 19.0 Å². The molecule has 0 heterocycles. The van der Waals surface area contributed by atoms with E-state index in [1.165, 1.54) is 18.2 Å². The molecular formula is C14H13BrFNO2. The van der Waals surface area contributed by atoms with Crippen LogP contribution in [0.2, 0.25) is 0 Å². The second-order valence-corrected chi connectivity index (χ2v) is 4.75. The van der Waals surface area contributed by atoms with Crippen molar-refractivity contribution in [3.8, 4) is 11.5 Å². The SMILES string of the molecule is Nc1cc(F)ccc1OCCOc1ccc(Br)cc1. The molecule has 0 atom stereocenters. The molecule has 2 rings (SSSR count). The van der Waals surface area contributed by atoms with E-state index in [-0.39, 0.29) is 11.5 Å². The summed E-state index contributed by atoms with van der Waals surface area (Å²) in [5, 5.41) is 0. The monoisotopic (exact) mass is 325 g/mol. The Labute approximate surface area is 119 Å². The molecule has 0 spiro atoms. The Morgan fingerprint density at radius 1 is 1.00 bits per heavy atom. The molecule has 19 heavy (non-hydrogen) atoms. The number of hydrogen-bond donors (Lipinski definition) is 1. The van der Waals surface area contributed by atoms with Crippen molar-refractivity contribution in [2.45, 2.75) is 0 Å². The predicted octanol–water partition coefficient (Wildman–Crippen LogP) is 3.63. The first kappa shape index (κ1) is 13.7. The summed E-state index contributed by atoms with van der Waals surface area (Å²) in [6.45, 7) is 0.727. The van der Waals surface area contributed by atoms with Crippen molar-refractivity contribution in [2.75, 3.05) is 18.9 Å². The highest BCUT2D eigenvalue weighted by Gasteiger charge is 2.02. The number of benzene rings is 2. The molecule has 0 saturated heterocycles. The zero-order valence-electron chi connectivity index (χ0n) is 10.1. The fourth-order valence-electron chi connectivity index (χ4n) is 1.49. The first-order valence-corrected chi connectivity index (χ1v) is 6.50. The molecule has 0 aliphatic heterocycles. The molecule has 100 valence electrons. The molecule has 2 aromatic carbocycles. The van der Waals surface area contributed by atoms with E-state index in [4.69, 9.17) is 15.2 Å². The van der Waals surface area contributed by atoms with Crippen LogP contribution < -0.4 is 15.2 Å². The van der Waals surface area contributed by atoms with E-state index >= 15 is 0 Å². The average molecular weight is 326 g/mol. The average Bonchev–Trinajstić information content (AvgIpc) is 2.39. The maximum absolute atomic E-state index is 12.8. The highest BCUT2D eigenvalue weighted by molar-refractivity contribution is 9.10. The second-order valence-electron chi connectivity index (χ2n) is 3.83. The summed E-state index contributed by atoms with van der Waals surface area (Å²) >= 11 is 3.35. The van der Waals surface area contributed by atoms with Gasteiger partial charge in [0.1, 0.15) is 30.5 Å². The molecule has 3 nitrogen and oxygen atoms in total. The van der Waals surface area contributed by atoms with Crippen LogP contribution in [-0.4, -0.2) is 13.2 Å². The van der Waals surface area contributed by atoms with Crippen LogP contribution in [0, 0.1) is 5.82 Å². The van der Waals surface area contributed by atoms with Crippen LogP contribution in [0.25, 0.3) is 0 Å². The van der Waals surface area contributed by atoms with Gasteiger partial charge in [0.15, 0.2) is 0 Å². The standard InChI is InChI=1S/C14H13BrFNO2/c15-10-1-4-12(5-2-10)18-7-8-19-14-6-3-11(16)9-13(14)17/h1-6,9H,7-8,17H2. The number of nitrogen functional groups attached to an aromatic ring is 1. The highest BCUT2D eigenvalue weighted by atomic mass is 79.9. The fraction of sp³-hybridized carbons (Fsp3) is 0.143. The molecule has 0 unspecified atom stereocenters. The molecule has 0 bridgehead atoms. The Hall–Kier alpha value is -1.75. The van der Waals surface area contributed by atoms with Gasteiger partial charge in [-0.2, -0.15) is 0 Å². The second kappa shape index (κ2) is 6.43. The highest BCUT2D eigenvalue weighted by Crippen LogP contribution is 2.21. The van der Waals surface area contributed by atoms with Gasteiger partial charge in [-0.3, -0.25) is 0 Å². The molecule has 5 heteroatoms. The number of nitrogens with two attached hydrogens (primary N) is 1. The van der Waals surface area contributed by atoms with Crippen LogP contribution in [0.15, 0.2) is 46.9 Å². The Kier molecular flexibility index (Phi) is 4.63. The number of rotatable bonds is 5. The smallest absolute Gasteiger partial charge is 0.142 e. The quantitative estimate of drug-likeness (QED) is 0.674. The zero-order valence-corrected chi connectivity index (χ0v) is 11.7. The molecule has 0 aromatic heterocycles. The van der Waals surface area contributed by atoms with Gasteiger partial charge in [0.2, 0.25) is 0 Å². The molecule has 0 amide bonds. The van der Waals surface area contributed by atoms with E-state index in [1.807, 2.05) is 24.3 Å². The van der Waals surface area contributed by atoms with Crippen molar-refractivity contribution in [1.82, 2.24) is 0 Å². The number of hydrogen-bond acceptors (Lipinski definition) is 3. The van der Waals surface area contributed by atoms with Crippen molar-refractivity contribution >= 4 is 21.6 Å². The lowest BCUT2D eigenvalue weighted by molar-refractivity contribution is 0.218. The lowest BCUT2D eigenvalue weighted by Crippen LogP contribution is -2.10. The number of anilines is 1. The summed E-state index contributed by atoms with van der Waals surface area (Å²) in [7, 11) is 0. The molecule has 0 radical (unpaired) electrons. The predicted molar refractivity (Wildman–Crippen MR) is 75.9 cm³/mol. The Morgan fingerprint density at radius 3 is 2.37 bits per heavy atom. The van der Waals surface area contributed by atoms with E-state index in [9.17, 15) is 4.39 Å². The van der Waals surface area contributed by atoms with Gasteiger partial charge in [0.05, 0.1) is 5.69 Å². The third-order valence-electron chi connectivity index (χ3n) is 2.40. The van der Waals surface area contributed by atoms with Gasteiger partial charge in [-0.05, 0) is 36.4 Å². The van der Waals surface area contributed by atoms with Crippen LogP contribution in [-0.2, 0) is 0 Å². The molecule has 0 aliphatic carbocycles.